The van der Waals surface area contributed by atoms with Gasteiger partial charge in [-0.3, -0.25) is 0 Å². The molecule has 8 aromatic rings. The van der Waals surface area contributed by atoms with Gasteiger partial charge >= 0.3 is 5.97 Å². The van der Waals surface area contributed by atoms with Crippen LogP contribution in [0.4, 0.5) is 0 Å². The number of aryl methyl sites for hydroxylation is 6. The average molecular weight is 1040 g/mol. The molecule has 4 heterocycles. The lowest BCUT2D eigenvalue weighted by Crippen LogP contribution is -2.13. The highest BCUT2D eigenvalue weighted by atomic mass is 79.9. The number of hydrogen-bond acceptors (Lipinski definition) is 6. The van der Waals surface area contributed by atoms with Crippen LogP contribution < -0.4 is 9.47 Å². The highest BCUT2D eigenvalue weighted by Gasteiger charge is 2.23. The summed E-state index contributed by atoms with van der Waals surface area (Å²) in [5.41, 5.74) is 15.8. The number of methoxy groups -OCH3 is 2. The quantitative estimate of drug-likeness (QED) is 0.116. The molecule has 61 heavy (non-hydrogen) atoms. The zero-order chi connectivity index (χ0) is 42.6. The smallest absolute Gasteiger partial charge is 0.343 e. The van der Waals surface area contributed by atoms with E-state index in [4.69, 9.17) is 14.2 Å². The van der Waals surface area contributed by atoms with Gasteiger partial charge in [-0.2, -0.15) is 0 Å². The fraction of sp³-hybridized carbons (Fsp3) is 0.260. The second-order valence-electron chi connectivity index (χ2n) is 15.3. The fourth-order valence-electron chi connectivity index (χ4n) is 8.64. The van der Waals surface area contributed by atoms with Crippen molar-refractivity contribution in [1.82, 2.24) is 9.55 Å². The van der Waals surface area contributed by atoms with Gasteiger partial charge in [-0.25, -0.2) is 4.79 Å². The summed E-state index contributed by atoms with van der Waals surface area (Å²) < 4.78 is 20.9. The van der Waals surface area contributed by atoms with E-state index in [9.17, 15) is 4.79 Å². The third-order valence-corrected chi connectivity index (χ3v) is 15.4. The van der Waals surface area contributed by atoms with Crippen molar-refractivity contribution in [1.29, 1.82) is 0 Å². The number of halogens is 3. The Morgan fingerprint density at radius 3 is 1.95 bits per heavy atom. The lowest BCUT2D eigenvalue weighted by molar-refractivity contribution is -0.142. The molecule has 0 radical (unpaired) electrons. The van der Waals surface area contributed by atoms with E-state index in [0.717, 1.165) is 51.8 Å². The Morgan fingerprint density at radius 2 is 1.33 bits per heavy atom. The van der Waals surface area contributed by atoms with Crippen molar-refractivity contribution < 1.29 is 19.0 Å². The van der Waals surface area contributed by atoms with E-state index in [0.29, 0.717) is 0 Å². The van der Waals surface area contributed by atoms with Crippen molar-refractivity contribution in [3.05, 3.63) is 149 Å². The van der Waals surface area contributed by atoms with Gasteiger partial charge in [-0.05, 0) is 177 Å². The van der Waals surface area contributed by atoms with E-state index in [1.165, 1.54) is 112 Å². The van der Waals surface area contributed by atoms with E-state index in [1.54, 1.807) is 29.8 Å². The van der Waals surface area contributed by atoms with Crippen molar-refractivity contribution in [2.75, 3.05) is 20.8 Å². The van der Waals surface area contributed by atoms with Gasteiger partial charge in [0.15, 0.2) is 6.61 Å². The Balaban J connectivity index is 0.000000146. The molecule has 4 aromatic heterocycles. The molecule has 0 aliphatic heterocycles. The summed E-state index contributed by atoms with van der Waals surface area (Å²) in [6.45, 7) is 4.95. The predicted molar refractivity (Wildman–Crippen MR) is 264 cm³/mol. The van der Waals surface area contributed by atoms with Crippen LogP contribution in [0.1, 0.15) is 57.6 Å². The number of alkyl halides is 1. The number of aromatic nitrogens is 2. The first-order valence-corrected chi connectivity index (χ1v) is 24.7. The van der Waals surface area contributed by atoms with Crippen LogP contribution in [0, 0.1) is 13.8 Å². The summed E-state index contributed by atoms with van der Waals surface area (Å²) in [5, 5.41) is 3.21. The summed E-state index contributed by atoms with van der Waals surface area (Å²) in [6.07, 6.45) is 6.94. The van der Waals surface area contributed by atoms with Gasteiger partial charge in [0, 0.05) is 43.8 Å². The Morgan fingerprint density at radius 1 is 0.721 bits per heavy atom. The molecule has 314 valence electrons. The number of fused-ring (bicyclic) bond motifs is 6. The Kier molecular flexibility index (Phi) is 13.9. The number of nitrogens with zero attached hydrogens (tertiary/aromatic N) is 1. The maximum Gasteiger partial charge on any atom is 0.343 e. The van der Waals surface area contributed by atoms with Crippen LogP contribution in [-0.4, -0.2) is 36.3 Å². The van der Waals surface area contributed by atoms with E-state index in [-0.39, 0.29) is 12.6 Å². The highest BCUT2D eigenvalue weighted by Crippen LogP contribution is 2.41. The molecular weight excluding hydrogens is 996 g/mol. The molecule has 0 fully saturated rings. The molecule has 0 saturated heterocycles. The first-order chi connectivity index (χ1) is 29.6. The zero-order valence-corrected chi connectivity index (χ0v) is 41.0. The SMILES string of the molecule is BrCc1ccccc1-c1ccc(Br)s1.COC(=O)COc1cc2c(c3c1cc(C)n3Cc1ccccc1-c1ccc(Br)s1)CCC2.COc1cc2c(c3[nH]c(C)cc13)CCC2. The molecule has 0 atom stereocenters. The number of benzene rings is 4. The molecule has 6 nitrogen and oxygen atoms in total. The lowest BCUT2D eigenvalue weighted by Gasteiger charge is -2.16. The molecule has 1 N–H and O–H groups in total. The summed E-state index contributed by atoms with van der Waals surface area (Å²) in [4.78, 5) is 17.7. The lowest BCUT2D eigenvalue weighted by atomic mass is 10.0. The third kappa shape index (κ3) is 9.47. The monoisotopic (exact) mass is 1040 g/mol. The number of carbonyl (C=O) groups is 1. The van der Waals surface area contributed by atoms with Crippen molar-refractivity contribution >= 4 is 98.2 Å². The summed E-state index contributed by atoms with van der Waals surface area (Å²) in [7, 11) is 3.13. The molecule has 10 rings (SSSR count). The maximum atomic E-state index is 11.7. The van der Waals surface area contributed by atoms with Crippen LogP contribution in [0.15, 0.2) is 105 Å². The topological polar surface area (TPSA) is 65.5 Å². The van der Waals surface area contributed by atoms with E-state index >= 15 is 0 Å². The minimum Gasteiger partial charge on any atom is -0.496 e. The van der Waals surface area contributed by atoms with Crippen LogP contribution in [0.2, 0.25) is 0 Å². The minimum absolute atomic E-state index is 0.0787. The number of nitrogens with one attached hydrogen (secondary N) is 1. The average Bonchev–Trinajstić information content (AvgIpc) is 4.15. The zero-order valence-electron chi connectivity index (χ0n) is 34.6. The normalized spacial score (nSPS) is 12.7. The molecule has 0 unspecified atom stereocenters. The van der Waals surface area contributed by atoms with Gasteiger partial charge in [0.05, 0.1) is 32.8 Å². The predicted octanol–water partition coefficient (Wildman–Crippen LogP) is 14.6. The van der Waals surface area contributed by atoms with E-state index < -0.39 is 0 Å². The molecule has 0 saturated carbocycles. The number of hydrogen-bond donors (Lipinski definition) is 1. The van der Waals surface area contributed by atoms with Crippen LogP contribution in [0.25, 0.3) is 42.7 Å². The molecule has 2 aliphatic carbocycles. The second-order valence-corrected chi connectivity index (χ2v) is 20.8. The summed E-state index contributed by atoms with van der Waals surface area (Å²) >= 11 is 14.1. The molecule has 0 amide bonds. The molecule has 4 aromatic carbocycles. The highest BCUT2D eigenvalue weighted by molar-refractivity contribution is 9.11. The Bertz CT molecular complexity index is 2850. The van der Waals surface area contributed by atoms with Gasteiger partial charge < -0.3 is 23.8 Å². The number of ether oxygens (including phenoxy) is 3. The molecular formula is C50H47Br3N2O4S2. The number of carbonyl (C=O) groups excluding carboxylic acids is 1. The minimum atomic E-state index is -0.370. The van der Waals surface area contributed by atoms with Gasteiger partial charge in [0.1, 0.15) is 11.5 Å². The van der Waals surface area contributed by atoms with Crippen LogP contribution in [0.3, 0.4) is 0 Å². The van der Waals surface area contributed by atoms with E-state index in [1.807, 2.05) is 0 Å². The maximum absolute atomic E-state index is 11.7. The van der Waals surface area contributed by atoms with Gasteiger partial charge in [0.25, 0.3) is 0 Å². The number of H-pyrrole nitrogens is 1. The van der Waals surface area contributed by atoms with Gasteiger partial charge in [-0.15, -0.1) is 22.7 Å². The van der Waals surface area contributed by atoms with Crippen molar-refractivity contribution in [2.45, 2.75) is 64.2 Å². The number of rotatable bonds is 9. The first kappa shape index (κ1) is 43.5. The first-order valence-electron chi connectivity index (χ1n) is 20.4. The Hall–Kier alpha value is -4.13. The molecule has 2 aliphatic rings. The Labute approximate surface area is 390 Å². The van der Waals surface area contributed by atoms with Crippen LogP contribution in [0.5, 0.6) is 11.5 Å². The second kappa shape index (κ2) is 19.5. The summed E-state index contributed by atoms with van der Waals surface area (Å²) in [5.74, 6) is 1.41. The van der Waals surface area contributed by atoms with Crippen molar-refractivity contribution in [3.8, 4) is 32.4 Å². The number of esters is 1. The van der Waals surface area contributed by atoms with Crippen LogP contribution in [-0.2, 0) is 47.1 Å². The molecule has 0 bridgehead atoms. The van der Waals surface area contributed by atoms with Gasteiger partial charge in [0.2, 0.25) is 0 Å². The number of aromatic amines is 1. The standard InChI is InChI=1S/C26H24BrNO3S.C13H15NO.C11H8Br2S/c1-16-12-21-22(31-15-25(29)30-2)13-17-7-5-9-20(17)26(21)28(16)14-18-6-3-4-8-19(18)23-10-11-24(27)32-23;1-8-6-11-12(15-2)7-9-4-3-5-10(9)13(11)14-8;12-7-8-3-1-2-4-9(8)10-5-6-11(13)14-10/h3-4,6,8,10-13H,5,7,9,14-15H2,1-2H3;6-7,14H,3-5H2,1-2H3;1-6H,7H2. The van der Waals surface area contributed by atoms with Crippen LogP contribution >= 0.6 is 70.5 Å². The molecule has 0 spiro atoms. The summed E-state index contributed by atoms with van der Waals surface area (Å²) in [6, 6.07) is 34.3. The number of thiophene rings is 2. The van der Waals surface area contributed by atoms with Crippen molar-refractivity contribution in [3.63, 3.8) is 0 Å². The fourth-order valence-corrected chi connectivity index (χ4v) is 12.0. The third-order valence-electron chi connectivity index (χ3n) is 11.5. The van der Waals surface area contributed by atoms with Gasteiger partial charge in [-0.1, -0.05) is 64.5 Å². The largest absolute Gasteiger partial charge is 0.496 e. The van der Waals surface area contributed by atoms with Crippen molar-refractivity contribution in [2.24, 2.45) is 0 Å². The molecule has 11 heteroatoms. The van der Waals surface area contributed by atoms with E-state index in [2.05, 4.69) is 168 Å².